The van der Waals surface area contributed by atoms with E-state index in [0.29, 0.717) is 60.6 Å². The molecule has 10 heteroatoms. The van der Waals surface area contributed by atoms with Gasteiger partial charge in [-0.25, -0.2) is 14.8 Å². The molecule has 0 atom stereocenters. The Hall–Kier alpha value is -2.36. The molecule has 6 nitrogen and oxygen atoms in total. The highest BCUT2D eigenvalue weighted by atomic mass is 32.1. The van der Waals surface area contributed by atoms with E-state index >= 15 is 0 Å². The second kappa shape index (κ2) is 7.48. The fraction of sp³-hybridized carbons (Fsp3) is 0.438. The van der Waals surface area contributed by atoms with Crippen molar-refractivity contribution in [3.05, 3.63) is 35.0 Å². The van der Waals surface area contributed by atoms with Crippen LogP contribution in [-0.4, -0.2) is 48.7 Å². The molecule has 0 N–H and O–H groups in total. The second-order valence-corrected chi connectivity index (χ2v) is 6.61. The summed E-state index contributed by atoms with van der Waals surface area (Å²) >= 11 is 0.657. The molecule has 0 unspecified atom stereocenters. The number of thiazole rings is 1. The van der Waals surface area contributed by atoms with Gasteiger partial charge in [-0.1, -0.05) is 11.3 Å². The van der Waals surface area contributed by atoms with E-state index in [4.69, 9.17) is 4.74 Å². The fourth-order valence-electron chi connectivity index (χ4n) is 2.58. The molecule has 0 radical (unpaired) electrons. The number of esters is 1. The van der Waals surface area contributed by atoms with Crippen LogP contribution in [0.5, 0.6) is 0 Å². The number of anilines is 2. The van der Waals surface area contributed by atoms with Gasteiger partial charge in [0.15, 0.2) is 5.13 Å². The quantitative estimate of drug-likeness (QED) is 0.753. The van der Waals surface area contributed by atoms with Crippen LogP contribution in [0.25, 0.3) is 0 Å². The number of halogens is 3. The minimum Gasteiger partial charge on any atom is -0.462 e. The summed E-state index contributed by atoms with van der Waals surface area (Å²) in [4.78, 5) is 23.0. The lowest BCUT2D eigenvalue weighted by molar-refractivity contribution is -0.134. The molecule has 0 bridgehead atoms. The second-order valence-electron chi connectivity index (χ2n) is 5.60. The number of piperazine rings is 1. The number of pyridine rings is 1. The standard InChI is InChI=1S/C16H17F3N4O2S/c1-2-25-14(24)11-3-4-13(20-9-11)22-5-7-23(8-6-22)15-21-10-12(26-15)16(17,18)19/h3-4,9-10H,2,5-8H2,1H3. The van der Waals surface area contributed by atoms with Crippen LogP contribution in [0.3, 0.4) is 0 Å². The van der Waals surface area contributed by atoms with E-state index in [2.05, 4.69) is 9.97 Å². The van der Waals surface area contributed by atoms with Gasteiger partial charge in [0.25, 0.3) is 0 Å². The molecule has 3 heterocycles. The first-order chi connectivity index (χ1) is 12.4. The molecule has 0 aromatic carbocycles. The average molecular weight is 386 g/mol. The van der Waals surface area contributed by atoms with Crippen molar-refractivity contribution in [2.24, 2.45) is 0 Å². The first-order valence-corrected chi connectivity index (χ1v) is 8.86. The topological polar surface area (TPSA) is 58.6 Å². The van der Waals surface area contributed by atoms with Crippen molar-refractivity contribution in [3.63, 3.8) is 0 Å². The van der Waals surface area contributed by atoms with E-state index in [1.54, 1.807) is 19.1 Å². The summed E-state index contributed by atoms with van der Waals surface area (Å²) < 4.78 is 43.0. The number of rotatable bonds is 4. The number of aromatic nitrogens is 2. The number of alkyl halides is 3. The monoisotopic (exact) mass is 386 g/mol. The van der Waals surface area contributed by atoms with Crippen molar-refractivity contribution in [2.45, 2.75) is 13.1 Å². The predicted molar refractivity (Wildman–Crippen MR) is 91.7 cm³/mol. The molecule has 1 saturated heterocycles. The highest BCUT2D eigenvalue weighted by Gasteiger charge is 2.34. The molecule has 1 aliphatic heterocycles. The van der Waals surface area contributed by atoms with Crippen LogP contribution < -0.4 is 9.80 Å². The number of ether oxygens (including phenoxy) is 1. The smallest absolute Gasteiger partial charge is 0.427 e. The third-order valence-electron chi connectivity index (χ3n) is 3.91. The Morgan fingerprint density at radius 2 is 1.85 bits per heavy atom. The molecule has 2 aromatic heterocycles. The van der Waals surface area contributed by atoms with E-state index in [1.807, 2.05) is 9.80 Å². The Morgan fingerprint density at radius 3 is 2.38 bits per heavy atom. The molecule has 140 valence electrons. The van der Waals surface area contributed by atoms with E-state index in [0.717, 1.165) is 6.20 Å². The van der Waals surface area contributed by atoms with Crippen molar-refractivity contribution in [2.75, 3.05) is 42.6 Å². The van der Waals surface area contributed by atoms with Crippen molar-refractivity contribution < 1.29 is 22.7 Å². The zero-order chi connectivity index (χ0) is 18.7. The van der Waals surface area contributed by atoms with Gasteiger partial charge < -0.3 is 14.5 Å². The summed E-state index contributed by atoms with van der Waals surface area (Å²) in [5, 5.41) is 0.377. The lowest BCUT2D eigenvalue weighted by Gasteiger charge is -2.35. The summed E-state index contributed by atoms with van der Waals surface area (Å²) in [7, 11) is 0. The summed E-state index contributed by atoms with van der Waals surface area (Å²) in [5.74, 6) is 0.299. The number of carbonyl (C=O) groups is 1. The Labute approximate surface area is 152 Å². The zero-order valence-corrected chi connectivity index (χ0v) is 14.8. The molecule has 26 heavy (non-hydrogen) atoms. The van der Waals surface area contributed by atoms with Gasteiger partial charge in [-0.15, -0.1) is 0 Å². The number of carbonyl (C=O) groups excluding carboxylic acids is 1. The minimum atomic E-state index is -4.36. The molecule has 1 aliphatic rings. The summed E-state index contributed by atoms with van der Waals surface area (Å²) in [6, 6.07) is 3.40. The third kappa shape index (κ3) is 4.06. The summed E-state index contributed by atoms with van der Waals surface area (Å²) in [6.45, 7) is 4.34. The Kier molecular flexibility index (Phi) is 5.30. The van der Waals surface area contributed by atoms with Crippen molar-refractivity contribution >= 4 is 28.3 Å². The molecule has 0 amide bonds. The Morgan fingerprint density at radius 1 is 1.15 bits per heavy atom. The number of nitrogens with zero attached hydrogens (tertiary/aromatic N) is 4. The van der Waals surface area contributed by atoms with Gasteiger partial charge >= 0.3 is 12.1 Å². The maximum absolute atomic E-state index is 12.7. The van der Waals surface area contributed by atoms with Crippen LogP contribution in [0.1, 0.15) is 22.2 Å². The lowest BCUT2D eigenvalue weighted by atomic mass is 10.2. The first-order valence-electron chi connectivity index (χ1n) is 8.04. The molecule has 0 aliphatic carbocycles. The lowest BCUT2D eigenvalue weighted by Crippen LogP contribution is -2.46. The molecular weight excluding hydrogens is 369 g/mol. The van der Waals surface area contributed by atoms with Gasteiger partial charge in [-0.3, -0.25) is 0 Å². The van der Waals surface area contributed by atoms with Gasteiger partial charge in [0, 0.05) is 32.4 Å². The summed E-state index contributed by atoms with van der Waals surface area (Å²) in [5.41, 5.74) is 0.386. The first kappa shape index (κ1) is 18.4. The van der Waals surface area contributed by atoms with E-state index in [-0.39, 0.29) is 0 Å². The molecule has 3 rings (SSSR count). The van der Waals surface area contributed by atoms with Crippen LogP contribution in [0, 0.1) is 0 Å². The van der Waals surface area contributed by atoms with Gasteiger partial charge in [-0.05, 0) is 19.1 Å². The minimum absolute atomic E-state index is 0.301. The highest BCUT2D eigenvalue weighted by Crippen LogP contribution is 2.36. The van der Waals surface area contributed by atoms with Crippen molar-refractivity contribution in [3.8, 4) is 0 Å². The van der Waals surface area contributed by atoms with Crippen molar-refractivity contribution in [1.82, 2.24) is 9.97 Å². The van der Waals surface area contributed by atoms with Gasteiger partial charge in [0.2, 0.25) is 0 Å². The normalized spacial score (nSPS) is 15.2. The van der Waals surface area contributed by atoms with E-state index in [1.165, 1.54) is 6.20 Å². The predicted octanol–water partition coefficient (Wildman–Crippen LogP) is 3.06. The molecular formula is C16H17F3N4O2S. The molecule has 0 spiro atoms. The van der Waals surface area contributed by atoms with Gasteiger partial charge in [0.05, 0.1) is 18.4 Å². The Balaban J connectivity index is 1.60. The van der Waals surface area contributed by atoms with Gasteiger partial charge in [-0.2, -0.15) is 13.2 Å². The van der Waals surface area contributed by atoms with Crippen molar-refractivity contribution in [1.29, 1.82) is 0 Å². The molecule has 2 aromatic rings. The Bertz CT molecular complexity index is 756. The van der Waals surface area contributed by atoms with E-state index < -0.39 is 17.0 Å². The third-order valence-corrected chi connectivity index (χ3v) is 5.01. The number of hydrogen-bond acceptors (Lipinski definition) is 7. The van der Waals surface area contributed by atoms with Crippen LogP contribution in [-0.2, 0) is 10.9 Å². The average Bonchev–Trinajstić information content (AvgIpc) is 3.13. The maximum atomic E-state index is 12.7. The largest absolute Gasteiger partial charge is 0.462 e. The van der Waals surface area contributed by atoms with Crippen LogP contribution in [0.15, 0.2) is 24.5 Å². The fourth-order valence-corrected chi connectivity index (χ4v) is 3.41. The van der Waals surface area contributed by atoms with E-state index in [9.17, 15) is 18.0 Å². The maximum Gasteiger partial charge on any atom is 0.427 e. The van der Waals surface area contributed by atoms with Crippen LogP contribution in [0.4, 0.5) is 24.1 Å². The van der Waals surface area contributed by atoms with Gasteiger partial charge in [0.1, 0.15) is 10.7 Å². The number of hydrogen-bond donors (Lipinski definition) is 0. The molecule has 0 saturated carbocycles. The zero-order valence-electron chi connectivity index (χ0n) is 14.0. The summed E-state index contributed by atoms with van der Waals surface area (Å²) in [6.07, 6.45) is -2.01. The SMILES string of the molecule is CCOC(=O)c1ccc(N2CCN(c3ncc(C(F)(F)F)s3)CC2)nc1. The van der Waals surface area contributed by atoms with Crippen LogP contribution >= 0.6 is 11.3 Å². The highest BCUT2D eigenvalue weighted by molar-refractivity contribution is 7.15. The van der Waals surface area contributed by atoms with Crippen LogP contribution in [0.2, 0.25) is 0 Å². The molecule has 1 fully saturated rings.